The van der Waals surface area contributed by atoms with Crippen molar-refractivity contribution in [1.82, 2.24) is 20.4 Å². The number of nitrogens with one attached hydrogen (secondary N) is 2. The van der Waals surface area contributed by atoms with Gasteiger partial charge in [0, 0.05) is 18.3 Å². The Morgan fingerprint density at radius 1 is 1.46 bits per heavy atom. The van der Waals surface area contributed by atoms with Crippen molar-refractivity contribution in [2.24, 2.45) is 16.5 Å². The molecule has 0 spiro atoms. The van der Waals surface area contributed by atoms with Crippen LogP contribution < -0.4 is 16.8 Å². The Balaban J connectivity index is 1.80. The van der Waals surface area contributed by atoms with E-state index in [2.05, 4.69) is 46.3 Å². The maximum absolute atomic E-state index is 6.45. The minimum Gasteiger partial charge on any atom is -0.474 e. The summed E-state index contributed by atoms with van der Waals surface area (Å²) in [5.41, 5.74) is 12.9. The number of guanidine groups is 1. The van der Waals surface area contributed by atoms with E-state index in [1.54, 1.807) is 6.08 Å². The Bertz CT molecular complexity index is 651. The second kappa shape index (κ2) is 6.45. The van der Waals surface area contributed by atoms with Gasteiger partial charge in [0.05, 0.1) is 0 Å². The third kappa shape index (κ3) is 3.54. The van der Waals surface area contributed by atoms with Crippen LogP contribution in [0.5, 0.6) is 0 Å². The standard InChI is InChI=1S/C16H27N7O/c1-10(2)12-7-13(22-21-12)16(18)8-14(19-15(17)20-16)24-11-5-4-6-23(3)9-11/h7-8,10-11H,4-6,9,18H2,1-3H3,(H,21,22)(H3,17,19,20). The fraction of sp³-hybridized carbons (Fsp3) is 0.625. The van der Waals surface area contributed by atoms with Gasteiger partial charge in [0.15, 0.2) is 17.5 Å². The molecule has 6 N–H and O–H groups in total. The summed E-state index contributed by atoms with van der Waals surface area (Å²) in [6.45, 7) is 6.16. The molecule has 1 aromatic rings. The number of nitrogens with two attached hydrogens (primary N) is 2. The van der Waals surface area contributed by atoms with E-state index in [0.29, 0.717) is 17.5 Å². The molecule has 1 saturated heterocycles. The Kier molecular flexibility index (Phi) is 4.51. The van der Waals surface area contributed by atoms with E-state index in [9.17, 15) is 0 Å². The van der Waals surface area contributed by atoms with Crippen molar-refractivity contribution in [2.45, 2.75) is 44.4 Å². The normalized spacial score (nSPS) is 28.3. The van der Waals surface area contributed by atoms with Gasteiger partial charge in [-0.1, -0.05) is 13.8 Å². The van der Waals surface area contributed by atoms with Crippen molar-refractivity contribution < 1.29 is 4.74 Å². The summed E-state index contributed by atoms with van der Waals surface area (Å²) in [4.78, 5) is 6.58. The van der Waals surface area contributed by atoms with Gasteiger partial charge in [0.25, 0.3) is 0 Å². The third-order valence-corrected chi connectivity index (χ3v) is 4.41. The van der Waals surface area contributed by atoms with Gasteiger partial charge in [-0.3, -0.25) is 16.1 Å². The molecule has 0 radical (unpaired) electrons. The highest BCUT2D eigenvalue weighted by Crippen LogP contribution is 2.27. The van der Waals surface area contributed by atoms with Crippen LogP contribution in [-0.2, 0) is 10.4 Å². The molecule has 0 aromatic carbocycles. The van der Waals surface area contributed by atoms with Crippen LogP contribution in [0.4, 0.5) is 0 Å². The summed E-state index contributed by atoms with van der Waals surface area (Å²) in [6.07, 6.45) is 3.99. The van der Waals surface area contributed by atoms with Crippen LogP contribution in [0.25, 0.3) is 0 Å². The molecule has 1 fully saturated rings. The van der Waals surface area contributed by atoms with Crippen molar-refractivity contribution in [2.75, 3.05) is 20.1 Å². The van der Waals surface area contributed by atoms with Crippen molar-refractivity contribution in [3.63, 3.8) is 0 Å². The molecule has 24 heavy (non-hydrogen) atoms. The predicted octanol–water partition coefficient (Wildman–Crippen LogP) is 0.515. The number of rotatable bonds is 4. The van der Waals surface area contributed by atoms with E-state index in [1.165, 1.54) is 0 Å². The number of piperidine rings is 1. The summed E-state index contributed by atoms with van der Waals surface area (Å²) in [5, 5.41) is 10.3. The molecule has 3 rings (SSSR count). The number of hydrogen-bond donors (Lipinski definition) is 4. The van der Waals surface area contributed by atoms with Gasteiger partial charge in [-0.05, 0) is 38.4 Å². The lowest BCUT2D eigenvalue weighted by Gasteiger charge is -2.33. The topological polar surface area (TPSA) is 118 Å². The van der Waals surface area contributed by atoms with Crippen LogP contribution in [0, 0.1) is 0 Å². The fourth-order valence-corrected chi connectivity index (χ4v) is 3.05. The zero-order chi connectivity index (χ0) is 17.3. The second-order valence-corrected chi connectivity index (χ2v) is 6.96. The lowest BCUT2D eigenvalue weighted by molar-refractivity contribution is 0.0429. The van der Waals surface area contributed by atoms with Crippen LogP contribution in [0.2, 0.25) is 0 Å². The van der Waals surface area contributed by atoms with Crippen LogP contribution in [0.1, 0.15) is 44.0 Å². The minimum absolute atomic E-state index is 0.114. The van der Waals surface area contributed by atoms with Gasteiger partial charge < -0.3 is 15.4 Å². The second-order valence-electron chi connectivity index (χ2n) is 6.96. The molecule has 132 valence electrons. The highest BCUT2D eigenvalue weighted by molar-refractivity contribution is 5.81. The smallest absolute Gasteiger partial charge is 0.198 e. The number of ether oxygens (including phenoxy) is 1. The van der Waals surface area contributed by atoms with Gasteiger partial charge in [0.2, 0.25) is 0 Å². The van der Waals surface area contributed by atoms with Crippen LogP contribution in [-0.4, -0.2) is 47.3 Å². The summed E-state index contributed by atoms with van der Waals surface area (Å²) < 4.78 is 6.07. The molecule has 3 heterocycles. The van der Waals surface area contributed by atoms with E-state index in [4.69, 9.17) is 16.2 Å². The highest BCUT2D eigenvalue weighted by atomic mass is 16.5. The zero-order valence-corrected chi connectivity index (χ0v) is 14.5. The number of H-pyrrole nitrogens is 1. The summed E-state index contributed by atoms with van der Waals surface area (Å²) in [6, 6.07) is 1.93. The van der Waals surface area contributed by atoms with Crippen LogP contribution >= 0.6 is 0 Å². The van der Waals surface area contributed by atoms with E-state index in [1.807, 2.05) is 6.07 Å². The van der Waals surface area contributed by atoms with Crippen LogP contribution in [0.15, 0.2) is 23.0 Å². The highest BCUT2D eigenvalue weighted by Gasteiger charge is 2.33. The first-order valence-corrected chi connectivity index (χ1v) is 8.41. The zero-order valence-electron chi connectivity index (χ0n) is 14.5. The lowest BCUT2D eigenvalue weighted by atomic mass is 10.0. The van der Waals surface area contributed by atoms with E-state index in [-0.39, 0.29) is 12.1 Å². The van der Waals surface area contributed by atoms with Crippen molar-refractivity contribution in [1.29, 1.82) is 0 Å². The fourth-order valence-electron chi connectivity index (χ4n) is 3.05. The van der Waals surface area contributed by atoms with Gasteiger partial charge >= 0.3 is 0 Å². The lowest BCUT2D eigenvalue weighted by Crippen LogP contribution is -2.47. The molecule has 0 aliphatic carbocycles. The molecule has 2 aliphatic heterocycles. The maximum Gasteiger partial charge on any atom is 0.198 e. The first-order valence-electron chi connectivity index (χ1n) is 8.41. The number of nitrogens with zero attached hydrogens (tertiary/aromatic N) is 3. The predicted molar refractivity (Wildman–Crippen MR) is 93.0 cm³/mol. The SMILES string of the molecule is CC(C)c1cc(C2(N)C=C(OC3CCCN(C)C3)NC(N)=N2)n[nH]1. The molecule has 1 aromatic heterocycles. The number of likely N-dealkylation sites (N-methyl/N-ethyl adjacent to an activating group) is 1. The van der Waals surface area contributed by atoms with Crippen molar-refractivity contribution in [3.8, 4) is 0 Å². The van der Waals surface area contributed by atoms with Crippen LogP contribution in [0.3, 0.4) is 0 Å². The third-order valence-electron chi connectivity index (χ3n) is 4.41. The Hall–Kier alpha value is -2.06. The molecule has 0 bridgehead atoms. The molecule has 2 aliphatic rings. The molecule has 0 amide bonds. The number of aromatic nitrogens is 2. The van der Waals surface area contributed by atoms with Gasteiger partial charge in [-0.2, -0.15) is 5.10 Å². The van der Waals surface area contributed by atoms with E-state index >= 15 is 0 Å². The molecule has 0 saturated carbocycles. The number of likely N-dealkylation sites (tertiary alicyclic amines) is 1. The molecular weight excluding hydrogens is 306 g/mol. The minimum atomic E-state index is -1.13. The molecule has 8 heteroatoms. The number of hydrogen-bond acceptors (Lipinski definition) is 7. The number of aliphatic imine (C=N–C) groups is 1. The molecule has 2 unspecified atom stereocenters. The summed E-state index contributed by atoms with van der Waals surface area (Å²) >= 11 is 0. The Labute approximate surface area is 142 Å². The largest absolute Gasteiger partial charge is 0.474 e. The average molecular weight is 333 g/mol. The first-order chi connectivity index (χ1) is 11.4. The Morgan fingerprint density at radius 2 is 2.25 bits per heavy atom. The average Bonchev–Trinajstić information content (AvgIpc) is 2.97. The molecular formula is C16H27N7O. The number of aromatic amines is 1. The Morgan fingerprint density at radius 3 is 2.92 bits per heavy atom. The maximum atomic E-state index is 6.45. The van der Waals surface area contributed by atoms with E-state index < -0.39 is 5.66 Å². The first kappa shape index (κ1) is 16.8. The van der Waals surface area contributed by atoms with E-state index in [0.717, 1.165) is 31.6 Å². The molecule has 2 atom stereocenters. The summed E-state index contributed by atoms with van der Waals surface area (Å²) in [7, 11) is 2.10. The quantitative estimate of drug-likeness (QED) is 0.638. The summed E-state index contributed by atoms with van der Waals surface area (Å²) in [5.74, 6) is 1.10. The van der Waals surface area contributed by atoms with Crippen molar-refractivity contribution >= 4 is 5.96 Å². The molecule has 8 nitrogen and oxygen atoms in total. The van der Waals surface area contributed by atoms with Gasteiger partial charge in [0.1, 0.15) is 11.8 Å². The van der Waals surface area contributed by atoms with Gasteiger partial charge in [-0.15, -0.1) is 0 Å². The van der Waals surface area contributed by atoms with Gasteiger partial charge in [-0.25, -0.2) is 4.99 Å². The monoisotopic (exact) mass is 333 g/mol. The van der Waals surface area contributed by atoms with Crippen molar-refractivity contribution in [3.05, 3.63) is 29.4 Å².